The van der Waals surface area contributed by atoms with Crippen LogP contribution in [0.15, 0.2) is 0 Å². The minimum absolute atomic E-state index is 0.00389. The lowest BCUT2D eigenvalue weighted by Crippen LogP contribution is -2.44. The Hall–Kier alpha value is -1.50. The molecule has 1 aromatic heterocycles. The monoisotopic (exact) mass is 296 g/mol. The number of hydrogen-bond donors (Lipinski definition) is 1. The van der Waals surface area contributed by atoms with Crippen LogP contribution in [0.4, 0.5) is 0 Å². The van der Waals surface area contributed by atoms with Gasteiger partial charge < -0.3 is 10.2 Å². The summed E-state index contributed by atoms with van der Waals surface area (Å²) in [5.41, 5.74) is 0. The molecule has 1 aromatic rings. The first-order chi connectivity index (χ1) is 9.60. The number of aromatic nitrogens is 2. The molecule has 1 fully saturated rings. The highest BCUT2D eigenvalue weighted by molar-refractivity contribution is 7.11. The van der Waals surface area contributed by atoms with Crippen molar-refractivity contribution in [3.63, 3.8) is 0 Å². The predicted octanol–water partition coefficient (Wildman–Crippen LogP) is 0.975. The van der Waals surface area contributed by atoms with Crippen LogP contribution in [0.3, 0.4) is 0 Å². The van der Waals surface area contributed by atoms with Crippen molar-refractivity contribution in [1.82, 2.24) is 20.4 Å². The summed E-state index contributed by atoms with van der Waals surface area (Å²) in [4.78, 5) is 25.2. The molecule has 0 aromatic carbocycles. The molecule has 0 bridgehead atoms. The largest absolute Gasteiger partial charge is 0.349 e. The van der Waals surface area contributed by atoms with Gasteiger partial charge in [0.15, 0.2) is 0 Å². The van der Waals surface area contributed by atoms with Crippen LogP contribution in [0, 0.1) is 5.92 Å². The Morgan fingerprint density at radius 3 is 2.80 bits per heavy atom. The first-order valence-corrected chi connectivity index (χ1v) is 7.76. The Morgan fingerprint density at radius 1 is 1.40 bits per heavy atom. The van der Waals surface area contributed by atoms with E-state index < -0.39 is 0 Å². The SMILES string of the molecule is CCc1nnc(CNC(=O)[C@@H]2CCCN(C(C)=O)C2)s1. The Morgan fingerprint density at radius 2 is 2.15 bits per heavy atom. The standard InChI is InChI=1S/C13H20N4O2S/c1-3-11-15-16-12(20-11)7-14-13(19)10-5-4-6-17(8-10)9(2)18/h10H,3-8H2,1-2H3,(H,14,19)/t10-/m1/s1. The molecule has 0 aliphatic carbocycles. The molecule has 0 radical (unpaired) electrons. The van der Waals surface area contributed by atoms with Gasteiger partial charge in [-0.15, -0.1) is 10.2 Å². The van der Waals surface area contributed by atoms with Crippen LogP contribution in [0.1, 0.15) is 36.7 Å². The maximum atomic E-state index is 12.1. The fraction of sp³-hybridized carbons (Fsp3) is 0.692. The van der Waals surface area contributed by atoms with Gasteiger partial charge in [-0.05, 0) is 19.3 Å². The molecule has 110 valence electrons. The molecule has 20 heavy (non-hydrogen) atoms. The number of likely N-dealkylation sites (tertiary alicyclic amines) is 1. The Labute approximate surface area is 122 Å². The van der Waals surface area contributed by atoms with Crippen LogP contribution in [-0.2, 0) is 22.6 Å². The van der Waals surface area contributed by atoms with Crippen molar-refractivity contribution in [3.05, 3.63) is 10.0 Å². The minimum Gasteiger partial charge on any atom is -0.349 e. The highest BCUT2D eigenvalue weighted by atomic mass is 32.1. The third-order valence-corrected chi connectivity index (χ3v) is 4.53. The van der Waals surface area contributed by atoms with E-state index in [9.17, 15) is 9.59 Å². The van der Waals surface area contributed by atoms with Crippen LogP contribution in [0.5, 0.6) is 0 Å². The van der Waals surface area contributed by atoms with Gasteiger partial charge in [0.1, 0.15) is 10.0 Å². The molecule has 2 heterocycles. The Bertz CT molecular complexity index is 488. The highest BCUT2D eigenvalue weighted by Gasteiger charge is 2.26. The number of hydrogen-bond acceptors (Lipinski definition) is 5. The van der Waals surface area contributed by atoms with Gasteiger partial charge in [-0.3, -0.25) is 9.59 Å². The first-order valence-electron chi connectivity index (χ1n) is 6.94. The number of carbonyl (C=O) groups excluding carboxylic acids is 2. The quantitative estimate of drug-likeness (QED) is 0.898. The lowest BCUT2D eigenvalue weighted by atomic mass is 9.97. The van der Waals surface area contributed by atoms with Crippen molar-refractivity contribution < 1.29 is 9.59 Å². The van der Waals surface area contributed by atoms with Crippen LogP contribution in [-0.4, -0.2) is 40.0 Å². The molecule has 1 saturated heterocycles. The maximum absolute atomic E-state index is 12.1. The van der Waals surface area contributed by atoms with Crippen molar-refractivity contribution in [2.24, 2.45) is 5.92 Å². The number of amides is 2. The van der Waals surface area contributed by atoms with Crippen molar-refractivity contribution >= 4 is 23.2 Å². The molecule has 1 atom stereocenters. The summed E-state index contributed by atoms with van der Waals surface area (Å²) >= 11 is 1.53. The Kier molecular flexibility index (Phi) is 5.05. The van der Waals surface area contributed by atoms with Crippen LogP contribution in [0.25, 0.3) is 0 Å². The summed E-state index contributed by atoms with van der Waals surface area (Å²) in [6, 6.07) is 0. The molecule has 1 aliphatic rings. The molecule has 7 heteroatoms. The number of piperidine rings is 1. The average molecular weight is 296 g/mol. The average Bonchev–Trinajstić information content (AvgIpc) is 2.93. The first kappa shape index (κ1) is 14.9. The lowest BCUT2D eigenvalue weighted by Gasteiger charge is -2.31. The molecule has 2 amide bonds. The second-order valence-electron chi connectivity index (χ2n) is 4.97. The number of nitrogens with one attached hydrogen (secondary N) is 1. The van der Waals surface area contributed by atoms with E-state index in [1.165, 1.54) is 11.3 Å². The zero-order valence-electron chi connectivity index (χ0n) is 11.9. The zero-order valence-corrected chi connectivity index (χ0v) is 12.7. The van der Waals surface area contributed by atoms with Crippen LogP contribution < -0.4 is 5.32 Å². The normalized spacial score (nSPS) is 18.9. The fourth-order valence-corrected chi connectivity index (χ4v) is 3.01. The van der Waals surface area contributed by atoms with Crippen molar-refractivity contribution in [3.8, 4) is 0 Å². The number of carbonyl (C=O) groups is 2. The predicted molar refractivity (Wildman–Crippen MR) is 76.1 cm³/mol. The maximum Gasteiger partial charge on any atom is 0.225 e. The van der Waals surface area contributed by atoms with E-state index in [1.807, 2.05) is 6.92 Å². The smallest absolute Gasteiger partial charge is 0.225 e. The molecule has 0 spiro atoms. The summed E-state index contributed by atoms with van der Waals surface area (Å²) in [7, 11) is 0. The molecular weight excluding hydrogens is 276 g/mol. The van der Waals surface area contributed by atoms with Gasteiger partial charge in [-0.2, -0.15) is 0 Å². The lowest BCUT2D eigenvalue weighted by molar-refractivity contribution is -0.134. The van der Waals surface area contributed by atoms with Gasteiger partial charge >= 0.3 is 0 Å². The molecule has 2 rings (SSSR count). The second kappa shape index (κ2) is 6.78. The third kappa shape index (κ3) is 3.75. The number of aryl methyl sites for hydroxylation is 1. The van der Waals surface area contributed by atoms with Crippen molar-refractivity contribution in [2.75, 3.05) is 13.1 Å². The van der Waals surface area contributed by atoms with Gasteiger partial charge in [-0.25, -0.2) is 0 Å². The van der Waals surface area contributed by atoms with Gasteiger partial charge in [0.2, 0.25) is 11.8 Å². The van der Waals surface area contributed by atoms with E-state index in [0.717, 1.165) is 35.8 Å². The zero-order chi connectivity index (χ0) is 14.5. The molecule has 1 aliphatic heterocycles. The van der Waals surface area contributed by atoms with E-state index >= 15 is 0 Å². The molecule has 0 saturated carbocycles. The summed E-state index contributed by atoms with van der Waals surface area (Å²) in [5.74, 6) is -0.0605. The summed E-state index contributed by atoms with van der Waals surface area (Å²) in [5, 5.41) is 12.8. The number of nitrogens with zero attached hydrogens (tertiary/aromatic N) is 3. The van der Waals surface area contributed by atoms with E-state index in [1.54, 1.807) is 11.8 Å². The topological polar surface area (TPSA) is 75.2 Å². The summed E-state index contributed by atoms with van der Waals surface area (Å²) in [6.45, 7) is 5.29. The Balaban J connectivity index is 1.83. The van der Waals surface area contributed by atoms with Crippen LogP contribution in [0.2, 0.25) is 0 Å². The fourth-order valence-electron chi connectivity index (χ4n) is 2.29. The molecule has 1 N–H and O–H groups in total. The van der Waals surface area contributed by atoms with E-state index in [4.69, 9.17) is 0 Å². The third-order valence-electron chi connectivity index (χ3n) is 3.46. The minimum atomic E-state index is -0.105. The molecule has 6 nitrogen and oxygen atoms in total. The van der Waals surface area contributed by atoms with Gasteiger partial charge in [0, 0.05) is 20.0 Å². The van der Waals surface area contributed by atoms with E-state index in [-0.39, 0.29) is 17.7 Å². The second-order valence-corrected chi connectivity index (χ2v) is 6.11. The van der Waals surface area contributed by atoms with Crippen LogP contribution >= 0.6 is 11.3 Å². The van der Waals surface area contributed by atoms with E-state index in [0.29, 0.717) is 13.1 Å². The summed E-state index contributed by atoms with van der Waals surface area (Å²) < 4.78 is 0. The highest BCUT2D eigenvalue weighted by Crippen LogP contribution is 2.17. The van der Waals surface area contributed by atoms with Crippen molar-refractivity contribution in [2.45, 2.75) is 39.7 Å². The van der Waals surface area contributed by atoms with E-state index in [2.05, 4.69) is 15.5 Å². The molecular formula is C13H20N4O2S. The van der Waals surface area contributed by atoms with Gasteiger partial charge in [0.05, 0.1) is 12.5 Å². The molecule has 0 unspecified atom stereocenters. The van der Waals surface area contributed by atoms with Crippen molar-refractivity contribution in [1.29, 1.82) is 0 Å². The summed E-state index contributed by atoms with van der Waals surface area (Å²) in [6.07, 6.45) is 2.59. The van der Waals surface area contributed by atoms with Gasteiger partial charge in [-0.1, -0.05) is 18.3 Å². The van der Waals surface area contributed by atoms with Gasteiger partial charge in [0.25, 0.3) is 0 Å². The number of rotatable bonds is 4.